The van der Waals surface area contributed by atoms with E-state index < -0.39 is 0 Å². The zero-order valence-corrected chi connectivity index (χ0v) is 11.9. The number of hydrogen-bond donors (Lipinski definition) is 2. The van der Waals surface area contributed by atoms with E-state index in [1.165, 1.54) is 18.4 Å². The van der Waals surface area contributed by atoms with Crippen molar-refractivity contribution < 1.29 is 9.53 Å². The molecule has 4 nitrogen and oxygen atoms in total. The van der Waals surface area contributed by atoms with Crippen molar-refractivity contribution in [3.63, 3.8) is 0 Å². The van der Waals surface area contributed by atoms with Gasteiger partial charge in [0.15, 0.2) is 0 Å². The smallest absolute Gasteiger partial charge is 0.237 e. The number of carbonyl (C=O) groups is 1. The molecule has 1 aromatic carbocycles. The highest BCUT2D eigenvalue weighted by Gasteiger charge is 2.35. The Morgan fingerprint density at radius 1 is 1.25 bits per heavy atom. The predicted octanol–water partition coefficient (Wildman–Crippen LogP) is 2.01. The molecule has 1 aliphatic heterocycles. The lowest BCUT2D eigenvalue weighted by Crippen LogP contribution is -2.49. The van der Waals surface area contributed by atoms with Crippen LogP contribution in [0.3, 0.4) is 0 Å². The number of nitrogens with one attached hydrogen (secondary N) is 2. The third-order valence-electron chi connectivity index (χ3n) is 4.23. The Balaban J connectivity index is 1.72. The minimum absolute atomic E-state index is 0.0450. The summed E-state index contributed by atoms with van der Waals surface area (Å²) in [6, 6.07) is 8.44. The van der Waals surface area contributed by atoms with Crippen LogP contribution in [0.5, 0.6) is 5.75 Å². The molecule has 2 unspecified atom stereocenters. The normalized spacial score (nSPS) is 24.1. The minimum atomic E-state index is -0.0450. The van der Waals surface area contributed by atoms with Gasteiger partial charge in [-0.05, 0) is 49.3 Å². The molecule has 1 aliphatic carbocycles. The Morgan fingerprint density at radius 2 is 2.00 bits per heavy atom. The Morgan fingerprint density at radius 3 is 2.60 bits per heavy atom. The minimum Gasteiger partial charge on any atom is -0.497 e. The Bertz CT molecular complexity index is 468. The second-order valence-corrected chi connectivity index (χ2v) is 5.74. The van der Waals surface area contributed by atoms with Gasteiger partial charge in [-0.1, -0.05) is 12.1 Å². The highest BCUT2D eigenvalue weighted by atomic mass is 16.5. The Kier molecular flexibility index (Phi) is 3.92. The number of benzene rings is 1. The van der Waals surface area contributed by atoms with Gasteiger partial charge in [0.1, 0.15) is 5.75 Å². The maximum absolute atomic E-state index is 11.9. The highest BCUT2D eigenvalue weighted by molar-refractivity contribution is 5.82. The van der Waals surface area contributed by atoms with E-state index in [0.717, 1.165) is 25.1 Å². The van der Waals surface area contributed by atoms with Crippen molar-refractivity contribution in [2.75, 3.05) is 13.7 Å². The van der Waals surface area contributed by atoms with E-state index >= 15 is 0 Å². The first-order chi connectivity index (χ1) is 9.78. The molecule has 2 aliphatic rings. The molecule has 0 aromatic heterocycles. The van der Waals surface area contributed by atoms with E-state index in [4.69, 9.17) is 4.74 Å². The van der Waals surface area contributed by atoms with E-state index in [0.29, 0.717) is 5.92 Å². The fourth-order valence-corrected chi connectivity index (χ4v) is 2.89. The molecule has 1 saturated heterocycles. The lowest BCUT2D eigenvalue weighted by atomic mass is 9.98. The average Bonchev–Trinajstić information content (AvgIpc) is 3.31. The summed E-state index contributed by atoms with van der Waals surface area (Å²) in [5.41, 5.74) is 1.26. The molecule has 4 heteroatoms. The molecule has 2 atom stereocenters. The summed E-state index contributed by atoms with van der Waals surface area (Å²) >= 11 is 0. The molecule has 108 valence electrons. The second-order valence-electron chi connectivity index (χ2n) is 5.74. The number of carbonyl (C=O) groups excluding carboxylic acids is 1. The van der Waals surface area contributed by atoms with Gasteiger partial charge in [-0.15, -0.1) is 0 Å². The third-order valence-corrected chi connectivity index (χ3v) is 4.23. The molecule has 1 aromatic rings. The van der Waals surface area contributed by atoms with Crippen LogP contribution in [0.15, 0.2) is 24.3 Å². The van der Waals surface area contributed by atoms with E-state index in [1.54, 1.807) is 7.11 Å². The molecular weight excluding hydrogens is 252 g/mol. The van der Waals surface area contributed by atoms with Crippen LogP contribution >= 0.6 is 0 Å². The summed E-state index contributed by atoms with van der Waals surface area (Å²) in [6.45, 7) is 0.813. The van der Waals surface area contributed by atoms with Crippen molar-refractivity contribution in [3.8, 4) is 5.75 Å². The van der Waals surface area contributed by atoms with E-state index in [2.05, 4.69) is 22.8 Å². The van der Waals surface area contributed by atoms with Gasteiger partial charge < -0.3 is 10.1 Å². The zero-order valence-electron chi connectivity index (χ0n) is 11.9. The molecular formula is C16H22N2O2. The molecule has 0 radical (unpaired) electrons. The number of rotatable bonds is 5. The number of ether oxygens (including phenoxy) is 1. The van der Waals surface area contributed by atoms with Crippen molar-refractivity contribution in [1.82, 2.24) is 10.6 Å². The summed E-state index contributed by atoms with van der Waals surface area (Å²) < 4.78 is 5.21. The zero-order chi connectivity index (χ0) is 13.9. The van der Waals surface area contributed by atoms with E-state index in [9.17, 15) is 4.79 Å². The van der Waals surface area contributed by atoms with Gasteiger partial charge in [0, 0.05) is 12.6 Å². The number of amides is 1. The molecule has 3 rings (SSSR count). The van der Waals surface area contributed by atoms with Gasteiger partial charge in [-0.3, -0.25) is 10.1 Å². The fourth-order valence-electron chi connectivity index (χ4n) is 2.89. The second kappa shape index (κ2) is 5.83. The third kappa shape index (κ3) is 2.96. The molecule has 0 bridgehead atoms. The Labute approximate surface area is 119 Å². The lowest BCUT2D eigenvalue weighted by Gasteiger charge is -2.28. The first kappa shape index (κ1) is 13.4. The van der Waals surface area contributed by atoms with Crippen molar-refractivity contribution >= 4 is 5.91 Å². The molecule has 1 saturated carbocycles. The van der Waals surface area contributed by atoms with Crippen LogP contribution in [0.25, 0.3) is 0 Å². The summed E-state index contributed by atoms with van der Waals surface area (Å²) in [5, 5.41) is 6.51. The fraction of sp³-hybridized carbons (Fsp3) is 0.562. The summed E-state index contributed by atoms with van der Waals surface area (Å²) in [4.78, 5) is 11.9. The molecule has 20 heavy (non-hydrogen) atoms. The van der Waals surface area contributed by atoms with Crippen LogP contribution in [0.1, 0.15) is 37.3 Å². The van der Waals surface area contributed by atoms with Crippen LogP contribution in [0, 0.1) is 5.92 Å². The van der Waals surface area contributed by atoms with Gasteiger partial charge in [0.25, 0.3) is 0 Å². The van der Waals surface area contributed by atoms with Gasteiger partial charge >= 0.3 is 0 Å². The van der Waals surface area contributed by atoms with Crippen LogP contribution in [-0.2, 0) is 4.79 Å². The van der Waals surface area contributed by atoms with Crippen molar-refractivity contribution in [3.05, 3.63) is 29.8 Å². The van der Waals surface area contributed by atoms with Crippen LogP contribution in [-0.4, -0.2) is 25.6 Å². The summed E-state index contributed by atoms with van der Waals surface area (Å²) in [6.07, 6.45) is 4.49. The highest BCUT2D eigenvalue weighted by Crippen LogP contribution is 2.41. The molecule has 1 amide bonds. The summed E-state index contributed by atoms with van der Waals surface area (Å²) in [5.74, 6) is 1.69. The maximum atomic E-state index is 11.9. The van der Waals surface area contributed by atoms with Gasteiger partial charge in [0.05, 0.1) is 13.2 Å². The van der Waals surface area contributed by atoms with Crippen LogP contribution in [0.2, 0.25) is 0 Å². The standard InChI is InChI=1S/C16H22N2O2/c1-20-13-8-6-12(7-9-13)15(11-4-5-11)18-14-3-2-10-17-16(14)19/h6-9,11,14-15,18H,2-5,10H2,1H3,(H,17,19). The monoisotopic (exact) mass is 274 g/mol. The van der Waals surface area contributed by atoms with E-state index in [-0.39, 0.29) is 18.0 Å². The van der Waals surface area contributed by atoms with Crippen molar-refractivity contribution in [2.24, 2.45) is 5.92 Å². The van der Waals surface area contributed by atoms with Crippen LogP contribution < -0.4 is 15.4 Å². The van der Waals surface area contributed by atoms with Gasteiger partial charge in [-0.25, -0.2) is 0 Å². The number of piperidine rings is 1. The van der Waals surface area contributed by atoms with Crippen molar-refractivity contribution in [1.29, 1.82) is 0 Å². The molecule has 2 N–H and O–H groups in total. The topological polar surface area (TPSA) is 50.4 Å². The molecule has 1 heterocycles. The average molecular weight is 274 g/mol. The first-order valence-corrected chi connectivity index (χ1v) is 7.45. The predicted molar refractivity (Wildman–Crippen MR) is 77.6 cm³/mol. The van der Waals surface area contributed by atoms with E-state index in [1.807, 2.05) is 12.1 Å². The largest absolute Gasteiger partial charge is 0.497 e. The summed E-state index contributed by atoms with van der Waals surface area (Å²) in [7, 11) is 1.68. The van der Waals surface area contributed by atoms with Crippen molar-refractivity contribution in [2.45, 2.75) is 37.8 Å². The van der Waals surface area contributed by atoms with Gasteiger partial charge in [-0.2, -0.15) is 0 Å². The SMILES string of the molecule is COc1ccc(C(NC2CCCNC2=O)C2CC2)cc1. The number of hydrogen-bond acceptors (Lipinski definition) is 3. The molecule has 0 spiro atoms. The lowest BCUT2D eigenvalue weighted by molar-refractivity contribution is -0.124. The Hall–Kier alpha value is -1.55. The van der Waals surface area contributed by atoms with Crippen LogP contribution in [0.4, 0.5) is 0 Å². The molecule has 2 fully saturated rings. The quantitative estimate of drug-likeness (QED) is 0.863. The first-order valence-electron chi connectivity index (χ1n) is 7.45. The maximum Gasteiger partial charge on any atom is 0.237 e. The number of methoxy groups -OCH3 is 1. The van der Waals surface area contributed by atoms with Gasteiger partial charge in [0.2, 0.25) is 5.91 Å².